The lowest BCUT2D eigenvalue weighted by molar-refractivity contribution is 0.0954. The van der Waals surface area contributed by atoms with Gasteiger partial charge in [-0.25, -0.2) is 4.98 Å². The monoisotopic (exact) mass is 436 g/mol. The zero-order valence-electron chi connectivity index (χ0n) is 17.9. The van der Waals surface area contributed by atoms with Crippen molar-refractivity contribution in [3.8, 4) is 11.3 Å². The van der Waals surface area contributed by atoms with E-state index >= 15 is 0 Å². The number of pyridine rings is 1. The summed E-state index contributed by atoms with van der Waals surface area (Å²) in [4.78, 5) is 17.8. The molecule has 160 valence electrons. The van der Waals surface area contributed by atoms with Crippen molar-refractivity contribution >= 4 is 28.4 Å². The number of hydrogen-bond acceptors (Lipinski definition) is 4. The molecule has 7 nitrogen and oxygen atoms in total. The number of rotatable bonds is 7. The molecule has 0 fully saturated rings. The van der Waals surface area contributed by atoms with Crippen LogP contribution in [0.2, 0.25) is 5.02 Å². The van der Waals surface area contributed by atoms with E-state index in [-0.39, 0.29) is 5.91 Å². The van der Waals surface area contributed by atoms with Gasteiger partial charge in [0.25, 0.3) is 5.91 Å². The second kappa shape index (κ2) is 8.89. The summed E-state index contributed by atoms with van der Waals surface area (Å²) in [6.45, 7) is 7.95. The molecule has 0 saturated heterocycles. The molecule has 0 aliphatic carbocycles. The Balaban J connectivity index is 1.55. The van der Waals surface area contributed by atoms with Crippen LogP contribution < -0.4 is 5.32 Å². The molecule has 0 atom stereocenters. The molecule has 8 heteroatoms. The van der Waals surface area contributed by atoms with Crippen molar-refractivity contribution in [1.82, 2.24) is 29.9 Å². The molecular formula is C23H25ClN6O. The van der Waals surface area contributed by atoms with Gasteiger partial charge in [-0.15, -0.1) is 0 Å². The molecule has 4 rings (SSSR count). The largest absolute Gasteiger partial charge is 0.352 e. The summed E-state index contributed by atoms with van der Waals surface area (Å²) in [6.07, 6.45) is 4.37. The van der Waals surface area contributed by atoms with Crippen LogP contribution in [0.4, 0.5) is 0 Å². The molecule has 0 aliphatic heterocycles. The van der Waals surface area contributed by atoms with Crippen LogP contribution in [-0.4, -0.2) is 37.0 Å². The van der Waals surface area contributed by atoms with Gasteiger partial charge in [-0.2, -0.15) is 10.2 Å². The molecule has 0 aliphatic rings. The van der Waals surface area contributed by atoms with Crippen molar-refractivity contribution < 1.29 is 4.79 Å². The summed E-state index contributed by atoms with van der Waals surface area (Å²) < 4.78 is 3.73. The lowest BCUT2D eigenvalue weighted by Crippen LogP contribution is -2.25. The van der Waals surface area contributed by atoms with Gasteiger partial charge in [0, 0.05) is 42.5 Å². The Morgan fingerprint density at radius 2 is 2.03 bits per heavy atom. The highest BCUT2D eigenvalue weighted by Gasteiger charge is 2.16. The highest BCUT2D eigenvalue weighted by Crippen LogP contribution is 2.27. The first-order valence-electron chi connectivity index (χ1n) is 10.4. The van der Waals surface area contributed by atoms with Crippen molar-refractivity contribution in [2.24, 2.45) is 0 Å². The summed E-state index contributed by atoms with van der Waals surface area (Å²) in [7, 11) is 0. The normalized spacial score (nSPS) is 11.2. The summed E-state index contributed by atoms with van der Waals surface area (Å²) in [5.41, 5.74) is 4.93. The third kappa shape index (κ3) is 4.32. The van der Waals surface area contributed by atoms with Crippen LogP contribution in [0.1, 0.15) is 35.1 Å². The Morgan fingerprint density at radius 1 is 1.23 bits per heavy atom. The zero-order valence-corrected chi connectivity index (χ0v) is 18.6. The second-order valence-electron chi connectivity index (χ2n) is 7.47. The predicted octanol–water partition coefficient (Wildman–Crippen LogP) is 4.41. The fraction of sp³-hybridized carbons (Fsp3) is 0.304. The van der Waals surface area contributed by atoms with E-state index in [2.05, 4.69) is 22.4 Å². The Hall–Kier alpha value is -3.19. The molecule has 3 heterocycles. The number of hydrogen-bond donors (Lipinski definition) is 1. The van der Waals surface area contributed by atoms with Crippen LogP contribution in [0.15, 0.2) is 42.7 Å². The highest BCUT2D eigenvalue weighted by atomic mass is 35.5. The number of amides is 1. The van der Waals surface area contributed by atoms with E-state index in [4.69, 9.17) is 16.6 Å². The first kappa shape index (κ1) is 21.1. The number of fused-ring (bicyclic) bond motifs is 1. The van der Waals surface area contributed by atoms with Gasteiger partial charge in [0.05, 0.1) is 33.7 Å². The number of aromatic nitrogens is 5. The van der Waals surface area contributed by atoms with Crippen molar-refractivity contribution in [1.29, 1.82) is 0 Å². The van der Waals surface area contributed by atoms with E-state index < -0.39 is 0 Å². The van der Waals surface area contributed by atoms with Crippen LogP contribution in [-0.2, 0) is 13.1 Å². The third-order valence-electron chi connectivity index (χ3n) is 5.38. The van der Waals surface area contributed by atoms with Crippen LogP contribution in [0.3, 0.4) is 0 Å². The van der Waals surface area contributed by atoms with Gasteiger partial charge in [-0.1, -0.05) is 29.8 Å². The van der Waals surface area contributed by atoms with Gasteiger partial charge >= 0.3 is 0 Å². The van der Waals surface area contributed by atoms with Gasteiger partial charge in [-0.05, 0) is 39.3 Å². The Bertz CT molecular complexity index is 1220. The topological polar surface area (TPSA) is 77.6 Å². The molecule has 3 aromatic heterocycles. The Labute approximate surface area is 186 Å². The van der Waals surface area contributed by atoms with Gasteiger partial charge < -0.3 is 5.32 Å². The van der Waals surface area contributed by atoms with Crippen molar-refractivity contribution in [3.63, 3.8) is 0 Å². The van der Waals surface area contributed by atoms with Crippen LogP contribution in [0.25, 0.3) is 22.2 Å². The zero-order chi connectivity index (χ0) is 22.0. The standard InChI is InChI=1S/C23H25ClN6O/c1-4-30-16(3)19(13-26-30)22-12-18(17-8-5-6-9-21(17)27-22)23(31)25-10-7-11-29-14-20(24)15(2)28-29/h5-6,8-9,12-14H,4,7,10-11H2,1-3H3,(H,25,31). The van der Waals surface area contributed by atoms with E-state index in [1.165, 1.54) is 0 Å². The molecule has 0 bridgehead atoms. The average Bonchev–Trinajstić information content (AvgIpc) is 3.31. The first-order chi connectivity index (χ1) is 15.0. The van der Waals surface area contributed by atoms with Crippen molar-refractivity contribution in [3.05, 3.63) is 64.7 Å². The second-order valence-corrected chi connectivity index (χ2v) is 7.87. The number of aryl methyl sites for hydroxylation is 3. The SMILES string of the molecule is CCn1ncc(-c2cc(C(=O)NCCCn3cc(Cl)c(C)n3)c3ccccc3n2)c1C. The molecule has 1 aromatic carbocycles. The Morgan fingerprint density at radius 3 is 2.74 bits per heavy atom. The van der Waals surface area contributed by atoms with E-state index in [1.54, 1.807) is 10.9 Å². The van der Waals surface area contributed by atoms with Crippen LogP contribution in [0.5, 0.6) is 0 Å². The molecular weight excluding hydrogens is 412 g/mol. The Kier molecular flexibility index (Phi) is 6.04. The van der Waals surface area contributed by atoms with Gasteiger partial charge in [-0.3, -0.25) is 14.2 Å². The molecule has 0 radical (unpaired) electrons. The molecule has 0 unspecified atom stereocenters. The number of carbonyl (C=O) groups excluding carboxylic acids is 1. The maximum absolute atomic E-state index is 13.1. The number of carbonyl (C=O) groups is 1. The average molecular weight is 437 g/mol. The minimum Gasteiger partial charge on any atom is -0.352 e. The number of nitrogens with one attached hydrogen (secondary N) is 1. The summed E-state index contributed by atoms with van der Waals surface area (Å²) in [6, 6.07) is 9.57. The maximum Gasteiger partial charge on any atom is 0.252 e. The number of halogens is 1. The minimum atomic E-state index is -0.116. The van der Waals surface area contributed by atoms with E-state index in [0.29, 0.717) is 23.7 Å². The molecule has 4 aromatic rings. The van der Waals surface area contributed by atoms with Gasteiger partial charge in [0.1, 0.15) is 0 Å². The minimum absolute atomic E-state index is 0.116. The molecule has 1 N–H and O–H groups in total. The number of benzene rings is 1. The lowest BCUT2D eigenvalue weighted by atomic mass is 10.0. The predicted molar refractivity (Wildman–Crippen MR) is 122 cm³/mol. The van der Waals surface area contributed by atoms with Gasteiger partial charge in [0.15, 0.2) is 0 Å². The summed E-state index contributed by atoms with van der Waals surface area (Å²) in [5, 5.41) is 13.3. The first-order valence-corrected chi connectivity index (χ1v) is 10.8. The van der Waals surface area contributed by atoms with Crippen LogP contribution >= 0.6 is 11.6 Å². The smallest absolute Gasteiger partial charge is 0.252 e. The van der Waals surface area contributed by atoms with Crippen molar-refractivity contribution in [2.75, 3.05) is 6.54 Å². The highest BCUT2D eigenvalue weighted by molar-refractivity contribution is 6.31. The fourth-order valence-electron chi connectivity index (χ4n) is 3.66. The number of nitrogens with zero attached hydrogens (tertiary/aromatic N) is 5. The lowest BCUT2D eigenvalue weighted by Gasteiger charge is -2.11. The van der Waals surface area contributed by atoms with E-state index in [0.717, 1.165) is 46.5 Å². The maximum atomic E-state index is 13.1. The molecule has 1 amide bonds. The molecule has 0 spiro atoms. The van der Waals surface area contributed by atoms with E-state index in [9.17, 15) is 4.79 Å². The molecule has 0 saturated carbocycles. The summed E-state index contributed by atoms with van der Waals surface area (Å²) in [5.74, 6) is -0.116. The van der Waals surface area contributed by atoms with Crippen molar-refractivity contribution in [2.45, 2.75) is 40.3 Å². The van der Waals surface area contributed by atoms with Gasteiger partial charge in [0.2, 0.25) is 0 Å². The molecule has 31 heavy (non-hydrogen) atoms. The summed E-state index contributed by atoms with van der Waals surface area (Å²) >= 11 is 6.05. The third-order valence-corrected chi connectivity index (χ3v) is 5.75. The number of para-hydroxylation sites is 1. The fourth-order valence-corrected chi connectivity index (χ4v) is 3.81. The van der Waals surface area contributed by atoms with Crippen LogP contribution in [0, 0.1) is 13.8 Å². The van der Waals surface area contributed by atoms with E-state index in [1.807, 2.05) is 55.1 Å². The quantitative estimate of drug-likeness (QED) is 0.435.